The number of amides is 1. The quantitative estimate of drug-likeness (QED) is 0.779. The zero-order valence-electron chi connectivity index (χ0n) is 11.6. The molecule has 1 aliphatic rings. The molecule has 0 radical (unpaired) electrons. The Bertz CT molecular complexity index is 542. The van der Waals surface area contributed by atoms with Gasteiger partial charge in [-0.05, 0) is 37.0 Å². The molecular formula is C15H19ClN2O3. The van der Waals surface area contributed by atoms with E-state index in [-0.39, 0.29) is 11.5 Å². The first-order valence-corrected chi connectivity index (χ1v) is 7.45. The molecule has 0 spiro atoms. The van der Waals surface area contributed by atoms with Gasteiger partial charge < -0.3 is 16.2 Å². The summed E-state index contributed by atoms with van der Waals surface area (Å²) in [5, 5.41) is 12.9. The van der Waals surface area contributed by atoms with Gasteiger partial charge in [0.25, 0.3) is 5.91 Å². The SMILES string of the molecule is NC(=O)c1ccc(Cl)cc1NC(C(=O)O)C1CCCCC1. The number of hydrogen-bond donors (Lipinski definition) is 3. The number of rotatable bonds is 5. The zero-order valence-corrected chi connectivity index (χ0v) is 12.4. The van der Waals surface area contributed by atoms with Crippen molar-refractivity contribution < 1.29 is 14.7 Å². The summed E-state index contributed by atoms with van der Waals surface area (Å²) in [7, 11) is 0. The molecule has 1 fully saturated rings. The fraction of sp³-hybridized carbons (Fsp3) is 0.467. The lowest BCUT2D eigenvalue weighted by Gasteiger charge is -2.29. The van der Waals surface area contributed by atoms with Gasteiger partial charge in [0.15, 0.2) is 0 Å². The molecule has 1 aromatic rings. The molecular weight excluding hydrogens is 292 g/mol. The number of primary amides is 1. The highest BCUT2D eigenvalue weighted by atomic mass is 35.5. The van der Waals surface area contributed by atoms with Crippen LogP contribution in [0.2, 0.25) is 5.02 Å². The van der Waals surface area contributed by atoms with Crippen molar-refractivity contribution in [2.45, 2.75) is 38.1 Å². The molecule has 114 valence electrons. The number of aliphatic carboxylic acids is 1. The molecule has 0 aliphatic heterocycles. The minimum atomic E-state index is -0.919. The third-order valence-electron chi connectivity index (χ3n) is 3.95. The van der Waals surface area contributed by atoms with Crippen molar-refractivity contribution in [2.75, 3.05) is 5.32 Å². The number of carbonyl (C=O) groups is 2. The maximum absolute atomic E-state index is 11.6. The third kappa shape index (κ3) is 3.88. The van der Waals surface area contributed by atoms with Crippen LogP contribution in [0, 0.1) is 5.92 Å². The largest absolute Gasteiger partial charge is 0.480 e. The van der Waals surface area contributed by atoms with Crippen LogP contribution in [-0.2, 0) is 4.79 Å². The van der Waals surface area contributed by atoms with E-state index in [4.69, 9.17) is 17.3 Å². The Morgan fingerprint density at radius 1 is 1.29 bits per heavy atom. The average molecular weight is 311 g/mol. The van der Waals surface area contributed by atoms with E-state index in [0.717, 1.165) is 32.1 Å². The van der Waals surface area contributed by atoms with Gasteiger partial charge in [-0.15, -0.1) is 0 Å². The van der Waals surface area contributed by atoms with Gasteiger partial charge in [-0.3, -0.25) is 4.79 Å². The average Bonchev–Trinajstić information content (AvgIpc) is 2.45. The Morgan fingerprint density at radius 3 is 2.52 bits per heavy atom. The second kappa shape index (κ2) is 6.80. The number of carbonyl (C=O) groups excluding carboxylic acids is 1. The van der Waals surface area contributed by atoms with Crippen LogP contribution >= 0.6 is 11.6 Å². The topological polar surface area (TPSA) is 92.4 Å². The van der Waals surface area contributed by atoms with E-state index in [9.17, 15) is 14.7 Å². The molecule has 0 bridgehead atoms. The number of nitrogens with one attached hydrogen (secondary N) is 1. The van der Waals surface area contributed by atoms with E-state index in [1.54, 1.807) is 12.1 Å². The fourth-order valence-electron chi connectivity index (χ4n) is 2.87. The summed E-state index contributed by atoms with van der Waals surface area (Å²) in [6.07, 6.45) is 4.96. The number of halogens is 1. The first-order chi connectivity index (χ1) is 9.99. The minimum absolute atomic E-state index is 0.0518. The van der Waals surface area contributed by atoms with Crippen molar-refractivity contribution in [3.05, 3.63) is 28.8 Å². The van der Waals surface area contributed by atoms with Gasteiger partial charge in [0, 0.05) is 10.7 Å². The van der Waals surface area contributed by atoms with Crippen LogP contribution < -0.4 is 11.1 Å². The van der Waals surface area contributed by atoms with Crippen LogP contribution in [0.15, 0.2) is 18.2 Å². The van der Waals surface area contributed by atoms with Crippen molar-refractivity contribution in [3.8, 4) is 0 Å². The number of carboxylic acid groups (broad SMARTS) is 1. The number of carboxylic acids is 1. The van der Waals surface area contributed by atoms with Crippen LogP contribution in [0.25, 0.3) is 0 Å². The Hall–Kier alpha value is -1.75. The van der Waals surface area contributed by atoms with E-state index in [1.807, 2.05) is 0 Å². The Labute approximate surface area is 128 Å². The first kappa shape index (κ1) is 15.6. The Balaban J connectivity index is 2.26. The van der Waals surface area contributed by atoms with Crippen LogP contribution in [0.1, 0.15) is 42.5 Å². The normalized spacial score (nSPS) is 17.2. The van der Waals surface area contributed by atoms with Gasteiger partial charge in [0.05, 0.1) is 5.56 Å². The van der Waals surface area contributed by atoms with Gasteiger partial charge in [0.2, 0.25) is 0 Å². The van der Waals surface area contributed by atoms with Gasteiger partial charge in [-0.2, -0.15) is 0 Å². The van der Waals surface area contributed by atoms with Crippen LogP contribution in [-0.4, -0.2) is 23.0 Å². The third-order valence-corrected chi connectivity index (χ3v) is 4.18. The number of nitrogens with two attached hydrogens (primary N) is 1. The number of benzene rings is 1. The molecule has 6 heteroatoms. The van der Waals surface area contributed by atoms with E-state index >= 15 is 0 Å². The monoisotopic (exact) mass is 310 g/mol. The Morgan fingerprint density at radius 2 is 1.95 bits per heavy atom. The molecule has 5 nitrogen and oxygen atoms in total. The Kier molecular flexibility index (Phi) is 5.07. The van der Waals surface area contributed by atoms with E-state index in [2.05, 4.69) is 5.32 Å². The van der Waals surface area contributed by atoms with Gasteiger partial charge in [0.1, 0.15) is 6.04 Å². The molecule has 21 heavy (non-hydrogen) atoms. The van der Waals surface area contributed by atoms with Gasteiger partial charge in [-0.1, -0.05) is 30.9 Å². The second-order valence-electron chi connectivity index (χ2n) is 5.41. The summed E-state index contributed by atoms with van der Waals surface area (Å²) >= 11 is 5.93. The maximum atomic E-state index is 11.6. The summed E-state index contributed by atoms with van der Waals surface area (Å²) in [6.45, 7) is 0. The van der Waals surface area contributed by atoms with E-state index in [1.165, 1.54) is 6.07 Å². The predicted octanol–water partition coefficient (Wildman–Crippen LogP) is 2.88. The van der Waals surface area contributed by atoms with E-state index < -0.39 is 17.9 Å². The maximum Gasteiger partial charge on any atom is 0.326 e. The van der Waals surface area contributed by atoms with Gasteiger partial charge >= 0.3 is 5.97 Å². The highest BCUT2D eigenvalue weighted by molar-refractivity contribution is 6.31. The molecule has 1 atom stereocenters. The molecule has 1 saturated carbocycles. The standard InChI is InChI=1S/C15H19ClN2O3/c16-10-6-7-11(14(17)19)12(8-10)18-13(15(20)21)9-4-2-1-3-5-9/h6-9,13,18H,1-5H2,(H2,17,19)(H,20,21). The molecule has 1 aromatic carbocycles. The second-order valence-corrected chi connectivity index (χ2v) is 5.85. The number of hydrogen-bond acceptors (Lipinski definition) is 3. The minimum Gasteiger partial charge on any atom is -0.480 e. The number of anilines is 1. The summed E-state index contributed by atoms with van der Waals surface area (Å²) in [5.74, 6) is -1.48. The highest BCUT2D eigenvalue weighted by Crippen LogP contribution is 2.30. The molecule has 1 aliphatic carbocycles. The summed E-state index contributed by atoms with van der Waals surface area (Å²) in [6, 6.07) is 3.87. The molecule has 0 saturated heterocycles. The molecule has 1 amide bonds. The highest BCUT2D eigenvalue weighted by Gasteiger charge is 2.30. The van der Waals surface area contributed by atoms with Crippen molar-refractivity contribution >= 4 is 29.2 Å². The molecule has 0 heterocycles. The van der Waals surface area contributed by atoms with Crippen molar-refractivity contribution in [1.29, 1.82) is 0 Å². The van der Waals surface area contributed by atoms with Crippen LogP contribution in [0.4, 0.5) is 5.69 Å². The van der Waals surface area contributed by atoms with Gasteiger partial charge in [-0.25, -0.2) is 4.79 Å². The van der Waals surface area contributed by atoms with Crippen molar-refractivity contribution in [3.63, 3.8) is 0 Å². The molecule has 1 unspecified atom stereocenters. The molecule has 4 N–H and O–H groups in total. The lowest BCUT2D eigenvalue weighted by Crippen LogP contribution is -2.38. The molecule has 0 aromatic heterocycles. The lowest BCUT2D eigenvalue weighted by atomic mass is 9.83. The van der Waals surface area contributed by atoms with Crippen LogP contribution in [0.5, 0.6) is 0 Å². The van der Waals surface area contributed by atoms with Crippen molar-refractivity contribution in [1.82, 2.24) is 0 Å². The van der Waals surface area contributed by atoms with E-state index in [0.29, 0.717) is 10.7 Å². The predicted molar refractivity (Wildman–Crippen MR) is 81.6 cm³/mol. The summed E-state index contributed by atoms with van der Waals surface area (Å²) in [4.78, 5) is 23.0. The smallest absolute Gasteiger partial charge is 0.326 e. The van der Waals surface area contributed by atoms with Crippen LogP contribution in [0.3, 0.4) is 0 Å². The van der Waals surface area contributed by atoms with Crippen molar-refractivity contribution in [2.24, 2.45) is 11.7 Å². The molecule has 2 rings (SSSR count). The zero-order chi connectivity index (χ0) is 15.4. The lowest BCUT2D eigenvalue weighted by molar-refractivity contribution is -0.139. The summed E-state index contributed by atoms with van der Waals surface area (Å²) < 4.78 is 0. The fourth-order valence-corrected chi connectivity index (χ4v) is 3.04. The summed E-state index contributed by atoms with van der Waals surface area (Å²) in [5.41, 5.74) is 5.96. The first-order valence-electron chi connectivity index (χ1n) is 7.07.